The van der Waals surface area contributed by atoms with E-state index >= 15 is 0 Å². The van der Waals surface area contributed by atoms with Crippen molar-refractivity contribution in [1.29, 1.82) is 0 Å². The number of nitrogens with two attached hydrogens (primary N) is 1. The van der Waals surface area contributed by atoms with Crippen LogP contribution in [0.5, 0.6) is 0 Å². The SMILES string of the molecule is Cc1nsc(NS(=O)(=O)c2ncccc2NN)n1. The lowest BCUT2D eigenvalue weighted by atomic mass is 10.4. The molecule has 0 saturated carbocycles. The fourth-order valence-electron chi connectivity index (χ4n) is 1.22. The summed E-state index contributed by atoms with van der Waals surface area (Å²) in [5.41, 5.74) is 2.48. The largest absolute Gasteiger partial charge is 0.321 e. The van der Waals surface area contributed by atoms with E-state index in [-0.39, 0.29) is 15.8 Å². The summed E-state index contributed by atoms with van der Waals surface area (Å²) >= 11 is 0.954. The maximum Gasteiger partial charge on any atom is 0.283 e. The molecule has 2 aromatic heterocycles. The molecule has 10 heteroatoms. The van der Waals surface area contributed by atoms with Crippen molar-refractivity contribution in [2.24, 2.45) is 5.84 Å². The third kappa shape index (κ3) is 2.55. The number of aryl methyl sites for hydroxylation is 1. The van der Waals surface area contributed by atoms with Crippen molar-refractivity contribution in [3.05, 3.63) is 24.2 Å². The molecule has 0 fully saturated rings. The zero-order valence-corrected chi connectivity index (χ0v) is 10.9. The zero-order valence-electron chi connectivity index (χ0n) is 9.28. The molecule has 0 bridgehead atoms. The standard InChI is InChI=1S/C8H10N6O2S2/c1-5-11-8(17-13-5)14-18(15,16)7-6(12-9)3-2-4-10-7/h2-4,12H,9H2,1H3,(H,11,13,14). The minimum atomic E-state index is -3.84. The minimum Gasteiger partial charge on any atom is -0.321 e. The summed E-state index contributed by atoms with van der Waals surface area (Å²) in [5.74, 6) is 5.73. The topological polar surface area (TPSA) is 123 Å². The van der Waals surface area contributed by atoms with Crippen molar-refractivity contribution in [3.63, 3.8) is 0 Å². The van der Waals surface area contributed by atoms with E-state index < -0.39 is 10.0 Å². The van der Waals surface area contributed by atoms with Gasteiger partial charge in [-0.1, -0.05) is 0 Å². The molecule has 0 saturated heterocycles. The average molecular weight is 286 g/mol. The fraction of sp³-hybridized carbons (Fsp3) is 0.125. The van der Waals surface area contributed by atoms with Gasteiger partial charge in [0.25, 0.3) is 10.0 Å². The molecule has 0 radical (unpaired) electrons. The van der Waals surface area contributed by atoms with E-state index in [0.29, 0.717) is 5.82 Å². The van der Waals surface area contributed by atoms with Gasteiger partial charge in [-0.05, 0) is 19.1 Å². The van der Waals surface area contributed by atoms with E-state index in [2.05, 4.69) is 24.5 Å². The van der Waals surface area contributed by atoms with Gasteiger partial charge in [0, 0.05) is 17.7 Å². The Labute approximate surface area is 107 Å². The number of nitrogen functional groups attached to an aromatic ring is 1. The van der Waals surface area contributed by atoms with Gasteiger partial charge in [0.15, 0.2) is 0 Å². The summed E-state index contributed by atoms with van der Waals surface area (Å²) in [7, 11) is -3.84. The van der Waals surface area contributed by atoms with E-state index in [1.807, 2.05) is 0 Å². The molecule has 4 N–H and O–H groups in total. The first-order chi connectivity index (χ1) is 8.53. The van der Waals surface area contributed by atoms with Gasteiger partial charge in [0.1, 0.15) is 5.82 Å². The van der Waals surface area contributed by atoms with Gasteiger partial charge in [-0.3, -0.25) is 10.6 Å². The molecule has 0 amide bonds. The van der Waals surface area contributed by atoms with E-state index in [1.165, 1.54) is 12.3 Å². The van der Waals surface area contributed by atoms with Gasteiger partial charge < -0.3 is 5.43 Å². The molecule has 0 spiro atoms. The smallest absolute Gasteiger partial charge is 0.283 e. The highest BCUT2D eigenvalue weighted by Crippen LogP contribution is 2.21. The summed E-state index contributed by atoms with van der Waals surface area (Å²) in [5, 5.41) is -0.0125. The third-order valence-electron chi connectivity index (χ3n) is 1.93. The summed E-state index contributed by atoms with van der Waals surface area (Å²) < 4.78 is 30.3. The number of rotatable bonds is 4. The van der Waals surface area contributed by atoms with Crippen LogP contribution in [0.15, 0.2) is 23.4 Å². The zero-order chi connectivity index (χ0) is 13.2. The van der Waals surface area contributed by atoms with Gasteiger partial charge in [-0.15, -0.1) is 0 Å². The Morgan fingerprint density at radius 1 is 1.44 bits per heavy atom. The Balaban J connectivity index is 2.36. The quantitative estimate of drug-likeness (QED) is 0.546. The second-order valence-corrected chi connectivity index (χ2v) is 5.60. The molecular weight excluding hydrogens is 276 g/mol. The molecule has 2 rings (SSSR count). The number of anilines is 2. The van der Waals surface area contributed by atoms with E-state index in [9.17, 15) is 8.42 Å². The summed E-state index contributed by atoms with van der Waals surface area (Å²) in [6, 6.07) is 3.08. The number of hydrogen-bond donors (Lipinski definition) is 3. The van der Waals surface area contributed by atoms with Crippen molar-refractivity contribution in [1.82, 2.24) is 14.3 Å². The minimum absolute atomic E-state index is 0.182. The van der Waals surface area contributed by atoms with Crippen LogP contribution in [-0.4, -0.2) is 22.8 Å². The summed E-state index contributed by atoms with van der Waals surface area (Å²) in [6.07, 6.45) is 1.36. The monoisotopic (exact) mass is 286 g/mol. The van der Waals surface area contributed by atoms with Gasteiger partial charge in [-0.2, -0.15) is 12.8 Å². The van der Waals surface area contributed by atoms with E-state index in [4.69, 9.17) is 5.84 Å². The Hall–Kier alpha value is -1.78. The molecule has 0 aromatic carbocycles. The number of pyridine rings is 1. The molecule has 0 aliphatic carbocycles. The highest BCUT2D eigenvalue weighted by atomic mass is 32.2. The molecule has 0 atom stereocenters. The van der Waals surface area contributed by atoms with Crippen LogP contribution in [0, 0.1) is 6.92 Å². The maximum absolute atomic E-state index is 12.1. The first-order valence-corrected chi connectivity index (χ1v) is 7.03. The fourth-order valence-corrected chi connectivity index (χ4v) is 3.12. The summed E-state index contributed by atoms with van der Waals surface area (Å²) in [4.78, 5) is 7.70. The third-order valence-corrected chi connectivity index (χ3v) is 4.08. The molecule has 2 heterocycles. The molecule has 2 aromatic rings. The van der Waals surface area contributed by atoms with Crippen molar-refractivity contribution in [3.8, 4) is 0 Å². The van der Waals surface area contributed by atoms with Crippen molar-refractivity contribution in [2.75, 3.05) is 10.1 Å². The van der Waals surface area contributed by atoms with Crippen molar-refractivity contribution < 1.29 is 8.42 Å². The van der Waals surface area contributed by atoms with E-state index in [1.54, 1.807) is 13.0 Å². The highest BCUT2D eigenvalue weighted by molar-refractivity contribution is 7.93. The number of sulfonamides is 1. The van der Waals surface area contributed by atoms with Crippen molar-refractivity contribution >= 4 is 32.4 Å². The first-order valence-electron chi connectivity index (χ1n) is 4.77. The number of nitrogens with zero attached hydrogens (tertiary/aromatic N) is 3. The Kier molecular flexibility index (Phi) is 3.41. The Morgan fingerprint density at radius 3 is 2.83 bits per heavy atom. The van der Waals surface area contributed by atoms with Gasteiger partial charge >= 0.3 is 0 Å². The second kappa shape index (κ2) is 4.84. The predicted octanol–water partition coefficient (Wildman–Crippen LogP) is 0.328. The van der Waals surface area contributed by atoms with Crippen LogP contribution in [0.2, 0.25) is 0 Å². The average Bonchev–Trinajstić information content (AvgIpc) is 2.74. The molecule has 18 heavy (non-hydrogen) atoms. The lowest BCUT2D eigenvalue weighted by Crippen LogP contribution is -2.18. The molecule has 8 nitrogen and oxygen atoms in total. The van der Waals surface area contributed by atoms with Crippen LogP contribution in [0.25, 0.3) is 0 Å². The van der Waals surface area contributed by atoms with Crippen LogP contribution in [-0.2, 0) is 10.0 Å². The normalized spacial score (nSPS) is 11.2. The van der Waals surface area contributed by atoms with Crippen LogP contribution in [0.3, 0.4) is 0 Å². The van der Waals surface area contributed by atoms with E-state index in [0.717, 1.165) is 11.5 Å². The van der Waals surface area contributed by atoms with Crippen LogP contribution >= 0.6 is 11.5 Å². The molecule has 0 aliphatic heterocycles. The second-order valence-electron chi connectivity index (χ2n) is 3.25. The van der Waals surface area contributed by atoms with Crippen molar-refractivity contribution in [2.45, 2.75) is 11.9 Å². The van der Waals surface area contributed by atoms with Crippen LogP contribution < -0.4 is 16.0 Å². The number of aromatic nitrogens is 3. The van der Waals surface area contributed by atoms with Crippen LogP contribution in [0.4, 0.5) is 10.8 Å². The maximum atomic E-state index is 12.1. The lowest BCUT2D eigenvalue weighted by molar-refractivity contribution is 0.598. The Bertz CT molecular complexity index is 653. The number of hydrazine groups is 1. The molecule has 0 unspecified atom stereocenters. The highest BCUT2D eigenvalue weighted by Gasteiger charge is 2.21. The molecular formula is C8H10N6O2S2. The van der Waals surface area contributed by atoms with Gasteiger partial charge in [0.2, 0.25) is 10.2 Å². The van der Waals surface area contributed by atoms with Gasteiger partial charge in [-0.25, -0.2) is 9.97 Å². The number of nitrogens with one attached hydrogen (secondary N) is 2. The number of hydrogen-bond acceptors (Lipinski definition) is 8. The van der Waals surface area contributed by atoms with Gasteiger partial charge in [0.05, 0.1) is 5.69 Å². The predicted molar refractivity (Wildman–Crippen MR) is 67.5 cm³/mol. The van der Waals surface area contributed by atoms with Crippen LogP contribution in [0.1, 0.15) is 5.82 Å². The first kappa shape index (κ1) is 12.7. The summed E-state index contributed by atoms with van der Waals surface area (Å²) in [6.45, 7) is 1.67. The lowest BCUT2D eigenvalue weighted by Gasteiger charge is -2.08. The molecule has 96 valence electrons. The molecule has 0 aliphatic rings. The Morgan fingerprint density at radius 2 is 2.22 bits per heavy atom.